The van der Waals surface area contributed by atoms with Gasteiger partial charge in [-0.1, -0.05) is 29.8 Å². The van der Waals surface area contributed by atoms with Crippen molar-refractivity contribution in [3.63, 3.8) is 0 Å². The van der Waals surface area contributed by atoms with Gasteiger partial charge in [0.1, 0.15) is 6.10 Å². The van der Waals surface area contributed by atoms with Crippen LogP contribution in [0, 0.1) is 6.92 Å². The quantitative estimate of drug-likeness (QED) is 0.806. The van der Waals surface area contributed by atoms with Gasteiger partial charge in [0.05, 0.1) is 6.10 Å². The number of aliphatic hydroxyl groups is 1. The molecular formula is C13H18O2. The fourth-order valence-corrected chi connectivity index (χ4v) is 1.99. The van der Waals surface area contributed by atoms with Gasteiger partial charge in [0.25, 0.3) is 0 Å². The van der Waals surface area contributed by atoms with Crippen LogP contribution in [0.15, 0.2) is 24.3 Å². The van der Waals surface area contributed by atoms with Crippen LogP contribution in [-0.2, 0) is 4.74 Å². The van der Waals surface area contributed by atoms with Gasteiger partial charge in [-0.05, 0) is 31.7 Å². The van der Waals surface area contributed by atoms with E-state index in [1.54, 1.807) is 0 Å². The molecule has 0 radical (unpaired) electrons. The van der Waals surface area contributed by atoms with Crippen molar-refractivity contribution in [3.8, 4) is 0 Å². The van der Waals surface area contributed by atoms with E-state index < -0.39 is 6.10 Å². The number of ether oxygens (including phenoxy) is 1. The smallest absolute Gasteiger partial charge is 0.105 e. The molecule has 1 aliphatic rings. The standard InChI is InChI=1S/C13H18O2/c1-10-5-7-11(8-6-10)13(14)12-4-2-3-9-15-12/h5-8,12-14H,2-4,9H2,1H3. The third-order valence-corrected chi connectivity index (χ3v) is 2.99. The van der Waals surface area contributed by atoms with Crippen LogP contribution < -0.4 is 0 Å². The highest BCUT2D eigenvalue weighted by Gasteiger charge is 2.23. The molecule has 1 fully saturated rings. The molecule has 2 nitrogen and oxygen atoms in total. The number of hydrogen-bond donors (Lipinski definition) is 1. The molecule has 1 aromatic carbocycles. The summed E-state index contributed by atoms with van der Waals surface area (Å²) >= 11 is 0. The molecule has 1 saturated heterocycles. The maximum absolute atomic E-state index is 10.1. The van der Waals surface area contributed by atoms with Gasteiger partial charge < -0.3 is 9.84 Å². The highest BCUT2D eigenvalue weighted by molar-refractivity contribution is 5.23. The zero-order valence-corrected chi connectivity index (χ0v) is 9.15. The Labute approximate surface area is 90.9 Å². The third-order valence-electron chi connectivity index (χ3n) is 2.99. The van der Waals surface area contributed by atoms with E-state index in [1.807, 2.05) is 31.2 Å². The molecule has 1 aromatic rings. The van der Waals surface area contributed by atoms with Gasteiger partial charge in [0.15, 0.2) is 0 Å². The lowest BCUT2D eigenvalue weighted by Gasteiger charge is -2.27. The largest absolute Gasteiger partial charge is 0.386 e. The third kappa shape index (κ3) is 2.58. The molecule has 0 bridgehead atoms. The molecule has 2 heteroatoms. The van der Waals surface area contributed by atoms with E-state index in [0.29, 0.717) is 0 Å². The number of aliphatic hydroxyl groups excluding tert-OH is 1. The first-order valence-electron chi connectivity index (χ1n) is 5.63. The average molecular weight is 206 g/mol. The van der Waals surface area contributed by atoms with E-state index in [0.717, 1.165) is 31.4 Å². The lowest BCUT2D eigenvalue weighted by molar-refractivity contribution is -0.0633. The van der Waals surface area contributed by atoms with E-state index in [9.17, 15) is 5.11 Å². The van der Waals surface area contributed by atoms with E-state index in [2.05, 4.69) is 0 Å². The van der Waals surface area contributed by atoms with Crippen molar-refractivity contribution in [1.29, 1.82) is 0 Å². The molecule has 1 aliphatic heterocycles. The minimum atomic E-state index is -0.467. The lowest BCUT2D eigenvalue weighted by atomic mass is 9.98. The highest BCUT2D eigenvalue weighted by atomic mass is 16.5. The molecule has 2 rings (SSSR count). The van der Waals surface area contributed by atoms with E-state index >= 15 is 0 Å². The minimum Gasteiger partial charge on any atom is -0.386 e. The molecular weight excluding hydrogens is 188 g/mol. The Morgan fingerprint density at radius 3 is 2.60 bits per heavy atom. The van der Waals surface area contributed by atoms with Crippen LogP contribution in [0.25, 0.3) is 0 Å². The Morgan fingerprint density at radius 2 is 2.00 bits per heavy atom. The van der Waals surface area contributed by atoms with Crippen molar-refractivity contribution in [2.45, 2.75) is 38.4 Å². The summed E-state index contributed by atoms with van der Waals surface area (Å²) in [6.07, 6.45) is 2.77. The van der Waals surface area contributed by atoms with E-state index in [4.69, 9.17) is 4.74 Å². The summed E-state index contributed by atoms with van der Waals surface area (Å²) in [5.41, 5.74) is 2.18. The fraction of sp³-hybridized carbons (Fsp3) is 0.538. The second-order valence-corrected chi connectivity index (χ2v) is 4.26. The van der Waals surface area contributed by atoms with Crippen molar-refractivity contribution in [1.82, 2.24) is 0 Å². The van der Waals surface area contributed by atoms with Crippen LogP contribution in [0.2, 0.25) is 0 Å². The zero-order valence-electron chi connectivity index (χ0n) is 9.15. The Balaban J connectivity index is 2.05. The second kappa shape index (κ2) is 4.77. The van der Waals surface area contributed by atoms with Gasteiger partial charge in [-0.15, -0.1) is 0 Å². The summed E-state index contributed by atoms with van der Waals surface area (Å²) < 4.78 is 5.57. The summed E-state index contributed by atoms with van der Waals surface area (Å²) in [6.45, 7) is 2.83. The number of hydrogen-bond acceptors (Lipinski definition) is 2. The first-order valence-corrected chi connectivity index (χ1v) is 5.63. The van der Waals surface area contributed by atoms with Gasteiger partial charge in [-0.2, -0.15) is 0 Å². The van der Waals surface area contributed by atoms with Crippen LogP contribution in [0.4, 0.5) is 0 Å². The molecule has 1 heterocycles. The molecule has 0 spiro atoms. The van der Waals surface area contributed by atoms with Crippen molar-refractivity contribution in [2.24, 2.45) is 0 Å². The maximum atomic E-state index is 10.1. The average Bonchev–Trinajstić information content (AvgIpc) is 2.30. The van der Waals surface area contributed by atoms with Crippen molar-refractivity contribution in [3.05, 3.63) is 35.4 Å². The molecule has 0 saturated carbocycles. The monoisotopic (exact) mass is 206 g/mol. The predicted octanol–water partition coefficient (Wildman–Crippen LogP) is 2.60. The van der Waals surface area contributed by atoms with Gasteiger partial charge >= 0.3 is 0 Å². The molecule has 15 heavy (non-hydrogen) atoms. The summed E-state index contributed by atoms with van der Waals surface area (Å²) in [7, 11) is 0. The van der Waals surface area contributed by atoms with Crippen molar-refractivity contribution >= 4 is 0 Å². The highest BCUT2D eigenvalue weighted by Crippen LogP contribution is 2.26. The predicted molar refractivity (Wildman–Crippen MR) is 59.7 cm³/mol. The Hall–Kier alpha value is -0.860. The Kier molecular flexibility index (Phi) is 3.39. The SMILES string of the molecule is Cc1ccc(C(O)C2CCCCO2)cc1. The Bertz CT molecular complexity index is 299. The summed E-state index contributed by atoms with van der Waals surface area (Å²) in [5.74, 6) is 0. The molecule has 2 atom stereocenters. The van der Waals surface area contributed by atoms with Gasteiger partial charge in [-0.3, -0.25) is 0 Å². The summed E-state index contributed by atoms with van der Waals surface area (Å²) in [5, 5.41) is 10.1. The first kappa shape index (κ1) is 10.7. The lowest BCUT2D eigenvalue weighted by Crippen LogP contribution is -2.26. The van der Waals surface area contributed by atoms with E-state index in [-0.39, 0.29) is 6.10 Å². The number of rotatable bonds is 2. The van der Waals surface area contributed by atoms with Crippen LogP contribution in [-0.4, -0.2) is 17.8 Å². The molecule has 0 amide bonds. The molecule has 0 aromatic heterocycles. The molecule has 2 unspecified atom stereocenters. The first-order chi connectivity index (χ1) is 7.27. The van der Waals surface area contributed by atoms with Gasteiger partial charge in [0, 0.05) is 6.61 Å². The topological polar surface area (TPSA) is 29.5 Å². The normalized spacial score (nSPS) is 23.7. The van der Waals surface area contributed by atoms with E-state index in [1.165, 1.54) is 5.56 Å². The molecule has 0 aliphatic carbocycles. The van der Waals surface area contributed by atoms with Gasteiger partial charge in [-0.25, -0.2) is 0 Å². The van der Waals surface area contributed by atoms with Crippen LogP contribution in [0.1, 0.15) is 36.5 Å². The minimum absolute atomic E-state index is 0.0125. The molecule has 82 valence electrons. The summed E-state index contributed by atoms with van der Waals surface area (Å²) in [4.78, 5) is 0. The number of benzene rings is 1. The fourth-order valence-electron chi connectivity index (χ4n) is 1.99. The number of aryl methyl sites for hydroxylation is 1. The summed E-state index contributed by atoms with van der Waals surface area (Å²) in [6, 6.07) is 8.03. The zero-order chi connectivity index (χ0) is 10.7. The second-order valence-electron chi connectivity index (χ2n) is 4.26. The van der Waals surface area contributed by atoms with Crippen LogP contribution in [0.3, 0.4) is 0 Å². The van der Waals surface area contributed by atoms with Crippen molar-refractivity contribution < 1.29 is 9.84 Å². The van der Waals surface area contributed by atoms with Crippen LogP contribution in [0.5, 0.6) is 0 Å². The maximum Gasteiger partial charge on any atom is 0.105 e. The van der Waals surface area contributed by atoms with Crippen LogP contribution >= 0.6 is 0 Å². The molecule has 1 N–H and O–H groups in total. The van der Waals surface area contributed by atoms with Crippen molar-refractivity contribution in [2.75, 3.05) is 6.61 Å². The Morgan fingerprint density at radius 1 is 1.27 bits per heavy atom. The van der Waals surface area contributed by atoms with Gasteiger partial charge in [0.2, 0.25) is 0 Å².